The Kier molecular flexibility index (Phi) is 8.03. The number of carbonyl (C=O) groups is 2. The zero-order chi connectivity index (χ0) is 27.0. The van der Waals surface area contributed by atoms with E-state index in [-0.39, 0.29) is 38.4 Å². The quantitative estimate of drug-likeness (QED) is 0.115. The van der Waals surface area contributed by atoms with Crippen LogP contribution in [0.2, 0.25) is 0 Å². The van der Waals surface area contributed by atoms with E-state index in [9.17, 15) is 9.59 Å². The van der Waals surface area contributed by atoms with Crippen molar-refractivity contribution in [3.05, 3.63) is 120 Å². The van der Waals surface area contributed by atoms with Crippen molar-refractivity contribution >= 4 is 33.5 Å². The standard InChI is InChI=1S/C33H28O6/c1-23-16-17-28-29(22-23)31(37-19-21-39-33(35)25-12-6-3-7-13-25)27-15-9-8-14-26(27)30(28)36-18-20-38-32(34)24-10-4-2-5-11-24/h2-17,22H,18-21H2,1H3. The Morgan fingerprint density at radius 3 is 1.46 bits per heavy atom. The van der Waals surface area contributed by atoms with Crippen molar-refractivity contribution in [2.45, 2.75) is 6.92 Å². The van der Waals surface area contributed by atoms with Gasteiger partial charge in [-0.2, -0.15) is 0 Å². The van der Waals surface area contributed by atoms with Crippen molar-refractivity contribution in [2.24, 2.45) is 0 Å². The molecule has 5 rings (SSSR count). The second kappa shape index (κ2) is 12.1. The number of carbonyl (C=O) groups excluding carboxylic acids is 2. The van der Waals surface area contributed by atoms with Gasteiger partial charge in [0.25, 0.3) is 0 Å². The normalized spacial score (nSPS) is 10.8. The minimum Gasteiger partial charge on any atom is -0.489 e. The second-order valence-electron chi connectivity index (χ2n) is 8.95. The summed E-state index contributed by atoms with van der Waals surface area (Å²) in [5.41, 5.74) is 2.07. The third kappa shape index (κ3) is 6.02. The van der Waals surface area contributed by atoms with Crippen molar-refractivity contribution in [1.82, 2.24) is 0 Å². The van der Waals surface area contributed by atoms with Gasteiger partial charge in [0.15, 0.2) is 0 Å². The second-order valence-corrected chi connectivity index (χ2v) is 8.95. The van der Waals surface area contributed by atoms with Gasteiger partial charge in [-0.15, -0.1) is 0 Å². The highest BCUT2D eigenvalue weighted by Gasteiger charge is 2.17. The number of aryl methyl sites for hydroxylation is 1. The molecule has 39 heavy (non-hydrogen) atoms. The molecule has 196 valence electrons. The molecule has 0 spiro atoms. The fourth-order valence-corrected chi connectivity index (χ4v) is 4.40. The lowest BCUT2D eigenvalue weighted by Crippen LogP contribution is -2.13. The lowest BCUT2D eigenvalue weighted by atomic mass is 9.99. The molecule has 0 unspecified atom stereocenters. The summed E-state index contributed by atoms with van der Waals surface area (Å²) in [4.78, 5) is 24.6. The van der Waals surface area contributed by atoms with Crippen LogP contribution in [0.4, 0.5) is 0 Å². The van der Waals surface area contributed by atoms with Crippen LogP contribution in [-0.4, -0.2) is 38.4 Å². The lowest BCUT2D eigenvalue weighted by molar-refractivity contribution is 0.0443. The van der Waals surface area contributed by atoms with Crippen LogP contribution in [0.15, 0.2) is 103 Å². The van der Waals surface area contributed by atoms with Crippen LogP contribution in [0, 0.1) is 6.92 Å². The molecule has 0 aliphatic carbocycles. The molecule has 6 nitrogen and oxygen atoms in total. The van der Waals surface area contributed by atoms with Crippen molar-refractivity contribution in [2.75, 3.05) is 26.4 Å². The molecule has 0 N–H and O–H groups in total. The van der Waals surface area contributed by atoms with Gasteiger partial charge in [0, 0.05) is 21.5 Å². The van der Waals surface area contributed by atoms with Gasteiger partial charge in [-0.25, -0.2) is 9.59 Å². The van der Waals surface area contributed by atoms with Gasteiger partial charge >= 0.3 is 11.9 Å². The van der Waals surface area contributed by atoms with E-state index in [0.29, 0.717) is 22.6 Å². The smallest absolute Gasteiger partial charge is 0.338 e. The summed E-state index contributed by atoms with van der Waals surface area (Å²) in [6.07, 6.45) is 0. The molecule has 0 fully saturated rings. The molecule has 0 aromatic heterocycles. The van der Waals surface area contributed by atoms with E-state index >= 15 is 0 Å². The van der Waals surface area contributed by atoms with E-state index < -0.39 is 0 Å². The minimum atomic E-state index is -0.388. The molecule has 0 aliphatic rings. The number of hydrogen-bond acceptors (Lipinski definition) is 6. The molecule has 0 bridgehead atoms. The molecule has 5 aromatic rings. The highest BCUT2D eigenvalue weighted by molar-refractivity contribution is 6.11. The predicted octanol–water partition coefficient (Wildman–Crippen LogP) is 6.77. The van der Waals surface area contributed by atoms with Crippen molar-refractivity contribution in [3.63, 3.8) is 0 Å². The maximum Gasteiger partial charge on any atom is 0.338 e. The van der Waals surface area contributed by atoms with Gasteiger partial charge in [-0.05, 0) is 37.3 Å². The topological polar surface area (TPSA) is 71.1 Å². The number of benzene rings is 5. The zero-order valence-corrected chi connectivity index (χ0v) is 21.6. The first-order valence-electron chi connectivity index (χ1n) is 12.8. The summed E-state index contributed by atoms with van der Waals surface area (Å²) in [6.45, 7) is 2.63. The Morgan fingerprint density at radius 2 is 0.949 bits per heavy atom. The maximum absolute atomic E-state index is 12.3. The molecule has 0 aliphatic heterocycles. The fraction of sp³-hybridized carbons (Fsp3) is 0.152. The van der Waals surface area contributed by atoms with Gasteiger partial charge in [-0.3, -0.25) is 0 Å². The molecule has 0 atom stereocenters. The van der Waals surface area contributed by atoms with Crippen LogP contribution >= 0.6 is 0 Å². The number of hydrogen-bond donors (Lipinski definition) is 0. The Morgan fingerprint density at radius 1 is 0.513 bits per heavy atom. The molecule has 6 heteroatoms. The van der Waals surface area contributed by atoms with Crippen LogP contribution < -0.4 is 9.47 Å². The molecule has 0 amide bonds. The van der Waals surface area contributed by atoms with Crippen molar-refractivity contribution in [3.8, 4) is 11.5 Å². The predicted molar refractivity (Wildman–Crippen MR) is 151 cm³/mol. The summed E-state index contributed by atoms with van der Waals surface area (Å²) in [6, 6.07) is 31.7. The van der Waals surface area contributed by atoms with Gasteiger partial charge in [0.2, 0.25) is 0 Å². The SMILES string of the molecule is Cc1ccc2c(OCCOC(=O)c3ccccc3)c3ccccc3c(OCCOC(=O)c3ccccc3)c2c1. The summed E-state index contributed by atoms with van der Waals surface area (Å²) >= 11 is 0. The summed E-state index contributed by atoms with van der Waals surface area (Å²) in [5, 5.41) is 3.52. The summed E-state index contributed by atoms with van der Waals surface area (Å²) in [7, 11) is 0. The number of esters is 2. The van der Waals surface area contributed by atoms with E-state index in [1.165, 1.54) is 0 Å². The van der Waals surface area contributed by atoms with Crippen LogP contribution in [0.3, 0.4) is 0 Å². The van der Waals surface area contributed by atoms with Gasteiger partial charge in [0.1, 0.15) is 37.9 Å². The molecule has 0 saturated carbocycles. The number of ether oxygens (including phenoxy) is 4. The first-order valence-corrected chi connectivity index (χ1v) is 12.8. The number of rotatable bonds is 10. The summed E-state index contributed by atoms with van der Waals surface area (Å²) in [5.74, 6) is 0.616. The fourth-order valence-electron chi connectivity index (χ4n) is 4.40. The maximum atomic E-state index is 12.3. The lowest BCUT2D eigenvalue weighted by Gasteiger charge is -2.18. The molecule has 0 heterocycles. The van der Waals surface area contributed by atoms with Crippen molar-refractivity contribution in [1.29, 1.82) is 0 Å². The molecule has 0 radical (unpaired) electrons. The Hall–Kier alpha value is -4.84. The third-order valence-electron chi connectivity index (χ3n) is 6.23. The van der Waals surface area contributed by atoms with E-state index in [0.717, 1.165) is 27.1 Å². The molecular weight excluding hydrogens is 492 g/mol. The highest BCUT2D eigenvalue weighted by Crippen LogP contribution is 2.43. The first kappa shape index (κ1) is 25.8. The van der Waals surface area contributed by atoms with E-state index in [2.05, 4.69) is 6.07 Å². The highest BCUT2D eigenvalue weighted by atomic mass is 16.6. The average molecular weight is 521 g/mol. The minimum absolute atomic E-state index is 0.112. The van der Waals surface area contributed by atoms with Crippen molar-refractivity contribution < 1.29 is 28.5 Å². The van der Waals surface area contributed by atoms with Gasteiger partial charge < -0.3 is 18.9 Å². The summed E-state index contributed by atoms with van der Waals surface area (Å²) < 4.78 is 23.3. The van der Waals surface area contributed by atoms with Crippen LogP contribution in [0.1, 0.15) is 26.3 Å². The Labute approximate surface area is 226 Å². The third-order valence-corrected chi connectivity index (χ3v) is 6.23. The van der Waals surface area contributed by atoms with Gasteiger partial charge in [0.05, 0.1) is 11.1 Å². The Balaban J connectivity index is 1.34. The van der Waals surface area contributed by atoms with Crippen LogP contribution in [0.25, 0.3) is 21.5 Å². The molecule has 5 aromatic carbocycles. The van der Waals surface area contributed by atoms with E-state index in [1.54, 1.807) is 48.5 Å². The Bertz CT molecular complexity index is 1600. The van der Waals surface area contributed by atoms with Crippen LogP contribution in [-0.2, 0) is 9.47 Å². The van der Waals surface area contributed by atoms with E-state index in [4.69, 9.17) is 18.9 Å². The first-order chi connectivity index (χ1) is 19.1. The molecular formula is C33H28O6. The monoisotopic (exact) mass is 520 g/mol. The molecule has 0 saturated heterocycles. The van der Waals surface area contributed by atoms with E-state index in [1.807, 2.05) is 55.5 Å². The number of fused-ring (bicyclic) bond motifs is 2. The zero-order valence-electron chi connectivity index (χ0n) is 21.6. The average Bonchev–Trinajstić information content (AvgIpc) is 2.98. The van der Waals surface area contributed by atoms with Crippen LogP contribution in [0.5, 0.6) is 11.5 Å². The largest absolute Gasteiger partial charge is 0.489 e. The van der Waals surface area contributed by atoms with Gasteiger partial charge in [-0.1, -0.05) is 78.4 Å².